The maximum absolute atomic E-state index is 12.2. The van der Waals surface area contributed by atoms with Crippen LogP contribution in [0, 0.1) is 22.7 Å². The highest BCUT2D eigenvalue weighted by atomic mass is 16.4. The van der Waals surface area contributed by atoms with Crippen molar-refractivity contribution in [3.05, 3.63) is 46.0 Å². The van der Waals surface area contributed by atoms with Gasteiger partial charge in [-0.2, -0.15) is 0 Å². The van der Waals surface area contributed by atoms with E-state index < -0.39 is 11.7 Å². The van der Waals surface area contributed by atoms with Crippen LogP contribution in [-0.2, 0) is 0 Å². The van der Waals surface area contributed by atoms with Gasteiger partial charge in [-0.3, -0.25) is 0 Å². The fraction of sp³-hybridized carbons (Fsp3) is 0.708. The number of hydrogen-bond donors (Lipinski definition) is 3. The molecule has 3 saturated carbocycles. The molecule has 7 unspecified atom stereocenters. The van der Waals surface area contributed by atoms with Crippen molar-refractivity contribution in [2.75, 3.05) is 6.61 Å². The molecule has 0 amide bonds. The van der Waals surface area contributed by atoms with Crippen LogP contribution in [-0.4, -0.2) is 33.6 Å². The Morgan fingerprint density at radius 1 is 1.10 bits per heavy atom. The van der Waals surface area contributed by atoms with Crippen LogP contribution >= 0.6 is 0 Å². The predicted molar refractivity (Wildman–Crippen MR) is 108 cm³/mol. The van der Waals surface area contributed by atoms with E-state index in [9.17, 15) is 20.1 Å². The van der Waals surface area contributed by atoms with Gasteiger partial charge in [-0.1, -0.05) is 18.6 Å². The van der Waals surface area contributed by atoms with E-state index in [4.69, 9.17) is 4.42 Å². The first-order valence-electron chi connectivity index (χ1n) is 11.2. The minimum absolute atomic E-state index is 0.104. The Bertz CT molecular complexity index is 869. The molecule has 0 radical (unpaired) electrons. The lowest BCUT2D eigenvalue weighted by Crippen LogP contribution is -2.61. The van der Waals surface area contributed by atoms with E-state index >= 15 is 0 Å². The topological polar surface area (TPSA) is 90.9 Å². The lowest BCUT2D eigenvalue weighted by molar-refractivity contribution is -0.185. The van der Waals surface area contributed by atoms with Gasteiger partial charge in [0.25, 0.3) is 0 Å². The quantitative estimate of drug-likeness (QED) is 0.664. The van der Waals surface area contributed by atoms with Crippen molar-refractivity contribution in [3.63, 3.8) is 0 Å². The molecule has 3 N–H and O–H groups in total. The Labute approximate surface area is 171 Å². The second kappa shape index (κ2) is 6.53. The first-order chi connectivity index (χ1) is 13.8. The van der Waals surface area contributed by atoms with Crippen molar-refractivity contribution in [1.82, 2.24) is 0 Å². The molecule has 29 heavy (non-hydrogen) atoms. The number of hydrogen-bond acceptors (Lipinski definition) is 5. The van der Waals surface area contributed by atoms with Crippen LogP contribution in [0.3, 0.4) is 0 Å². The summed E-state index contributed by atoms with van der Waals surface area (Å²) >= 11 is 0. The molecule has 4 aliphatic carbocycles. The molecule has 0 saturated heterocycles. The van der Waals surface area contributed by atoms with Gasteiger partial charge in [0.1, 0.15) is 0 Å². The van der Waals surface area contributed by atoms with E-state index in [1.807, 2.05) is 12.1 Å². The highest BCUT2D eigenvalue weighted by Gasteiger charge is 2.67. The van der Waals surface area contributed by atoms with Gasteiger partial charge in [-0.05, 0) is 80.8 Å². The maximum atomic E-state index is 12.2. The van der Waals surface area contributed by atoms with Crippen molar-refractivity contribution in [1.29, 1.82) is 0 Å². The van der Waals surface area contributed by atoms with Gasteiger partial charge in [-0.25, -0.2) is 4.79 Å². The van der Waals surface area contributed by atoms with Gasteiger partial charge in [0.15, 0.2) is 0 Å². The minimum Gasteiger partial charge on any atom is -0.431 e. The Balaban J connectivity index is 1.52. The zero-order valence-electron chi connectivity index (χ0n) is 17.1. The molecular weight excluding hydrogens is 368 g/mol. The SMILES string of the molecule is CC12CCC3C(CCC4=CC(O)CCC43CO)C1(O)CCC2c1ccc(=O)oc1. The van der Waals surface area contributed by atoms with Crippen LogP contribution in [0.25, 0.3) is 0 Å². The lowest BCUT2D eigenvalue weighted by Gasteiger charge is -2.62. The van der Waals surface area contributed by atoms with Crippen LogP contribution in [0.5, 0.6) is 0 Å². The Morgan fingerprint density at radius 3 is 2.66 bits per heavy atom. The van der Waals surface area contributed by atoms with Gasteiger partial charge in [0, 0.05) is 16.9 Å². The van der Waals surface area contributed by atoms with Crippen LogP contribution in [0.15, 0.2) is 39.3 Å². The fourth-order valence-corrected chi connectivity index (χ4v) is 7.87. The zero-order chi connectivity index (χ0) is 20.4. The Kier molecular flexibility index (Phi) is 4.40. The van der Waals surface area contributed by atoms with Gasteiger partial charge in [0.05, 0.1) is 24.6 Å². The van der Waals surface area contributed by atoms with Crippen LogP contribution in [0.4, 0.5) is 0 Å². The van der Waals surface area contributed by atoms with Crippen molar-refractivity contribution < 1.29 is 19.7 Å². The number of rotatable bonds is 2. The second-order valence-electron chi connectivity index (χ2n) is 10.2. The molecule has 1 aromatic rings. The third-order valence-corrected chi connectivity index (χ3v) is 9.41. The highest BCUT2D eigenvalue weighted by molar-refractivity contribution is 5.31. The molecule has 4 aliphatic rings. The summed E-state index contributed by atoms with van der Waals surface area (Å²) in [7, 11) is 0. The summed E-state index contributed by atoms with van der Waals surface area (Å²) in [6.07, 6.45) is 9.92. The summed E-state index contributed by atoms with van der Waals surface area (Å²) in [5, 5.41) is 32.8. The average molecular weight is 401 g/mol. The Hall–Kier alpha value is -1.43. The van der Waals surface area contributed by atoms with E-state index in [1.165, 1.54) is 11.6 Å². The monoisotopic (exact) mass is 400 g/mol. The van der Waals surface area contributed by atoms with Gasteiger partial charge >= 0.3 is 5.63 Å². The summed E-state index contributed by atoms with van der Waals surface area (Å²) in [5.41, 5.74) is 0.561. The van der Waals surface area contributed by atoms with Gasteiger partial charge in [0.2, 0.25) is 0 Å². The molecular formula is C24H32O5. The molecule has 0 aromatic carbocycles. The molecule has 1 aromatic heterocycles. The molecule has 3 fully saturated rings. The van der Waals surface area contributed by atoms with E-state index in [2.05, 4.69) is 6.92 Å². The summed E-state index contributed by atoms with van der Waals surface area (Å²) in [6, 6.07) is 3.34. The third kappa shape index (κ3) is 2.53. The predicted octanol–water partition coefficient (Wildman–Crippen LogP) is 3.13. The standard InChI is InChI=1S/C24H32O5/c1-22-9-7-19-20(4-3-16-12-17(26)6-10-23(16,19)14-25)24(22,28)11-8-18(22)15-2-5-21(27)29-13-15/h2,5,12-13,17-20,25-26,28H,3-4,6-11,14H2,1H3. The molecule has 0 spiro atoms. The summed E-state index contributed by atoms with van der Waals surface area (Å²) in [4.78, 5) is 11.4. The molecule has 5 rings (SSSR count). The van der Waals surface area contributed by atoms with Crippen molar-refractivity contribution in [3.8, 4) is 0 Å². The highest BCUT2D eigenvalue weighted by Crippen LogP contribution is 2.70. The van der Waals surface area contributed by atoms with E-state index in [0.29, 0.717) is 6.42 Å². The smallest absolute Gasteiger partial charge is 0.335 e. The second-order valence-corrected chi connectivity index (χ2v) is 10.2. The van der Waals surface area contributed by atoms with Gasteiger partial charge in [-0.15, -0.1) is 0 Å². The molecule has 1 heterocycles. The average Bonchev–Trinajstić information content (AvgIpc) is 3.00. The largest absolute Gasteiger partial charge is 0.431 e. The van der Waals surface area contributed by atoms with E-state index in [1.54, 1.807) is 6.26 Å². The summed E-state index contributed by atoms with van der Waals surface area (Å²) in [5.74, 6) is 0.583. The van der Waals surface area contributed by atoms with E-state index in [0.717, 1.165) is 50.5 Å². The molecule has 5 heteroatoms. The number of fused-ring (bicyclic) bond motifs is 5. The van der Waals surface area contributed by atoms with Gasteiger partial charge < -0.3 is 19.7 Å². The Morgan fingerprint density at radius 2 is 1.93 bits per heavy atom. The first kappa shape index (κ1) is 19.5. The van der Waals surface area contributed by atoms with Crippen molar-refractivity contribution in [2.24, 2.45) is 22.7 Å². The van der Waals surface area contributed by atoms with Crippen LogP contribution < -0.4 is 5.63 Å². The molecule has 5 nitrogen and oxygen atoms in total. The first-order valence-corrected chi connectivity index (χ1v) is 11.2. The van der Waals surface area contributed by atoms with Crippen molar-refractivity contribution in [2.45, 2.75) is 75.9 Å². The van der Waals surface area contributed by atoms with Crippen LogP contribution in [0.1, 0.15) is 69.8 Å². The summed E-state index contributed by atoms with van der Waals surface area (Å²) < 4.78 is 5.15. The lowest BCUT2D eigenvalue weighted by atomic mass is 9.44. The number of aliphatic hydroxyl groups excluding tert-OH is 2. The van der Waals surface area contributed by atoms with E-state index in [-0.39, 0.29) is 40.8 Å². The molecule has 158 valence electrons. The molecule has 7 atom stereocenters. The fourth-order valence-electron chi connectivity index (χ4n) is 7.87. The normalized spacial score (nSPS) is 46.4. The third-order valence-electron chi connectivity index (χ3n) is 9.41. The molecule has 0 bridgehead atoms. The number of aliphatic hydroxyl groups is 3. The molecule has 0 aliphatic heterocycles. The van der Waals surface area contributed by atoms with Crippen molar-refractivity contribution >= 4 is 0 Å². The summed E-state index contributed by atoms with van der Waals surface area (Å²) in [6.45, 7) is 2.32. The zero-order valence-corrected chi connectivity index (χ0v) is 17.1. The minimum atomic E-state index is -0.777. The maximum Gasteiger partial charge on any atom is 0.335 e. The van der Waals surface area contributed by atoms with Crippen LogP contribution in [0.2, 0.25) is 0 Å².